The van der Waals surface area contributed by atoms with Gasteiger partial charge < -0.3 is 10.6 Å². The van der Waals surface area contributed by atoms with E-state index in [1.807, 2.05) is 24.3 Å². The highest BCUT2D eigenvalue weighted by atomic mass is 79.9. The lowest BCUT2D eigenvalue weighted by Crippen LogP contribution is -2.33. The summed E-state index contributed by atoms with van der Waals surface area (Å²) < 4.78 is 23.3. The first-order chi connectivity index (χ1) is 11.8. The van der Waals surface area contributed by atoms with Crippen LogP contribution < -0.4 is 15.8 Å². The lowest BCUT2D eigenvalue weighted by atomic mass is 10.1. The molecule has 6 nitrogen and oxygen atoms in total. The summed E-state index contributed by atoms with van der Waals surface area (Å²) in [5.74, 6) is 0. The molecule has 0 atom stereocenters. The number of hydrogen-bond donors (Lipinski definition) is 3. The van der Waals surface area contributed by atoms with Crippen molar-refractivity contribution in [3.63, 3.8) is 0 Å². The Morgan fingerprint density at radius 1 is 1.08 bits per heavy atom. The maximum Gasteiger partial charge on any atom is 0.318 e. The molecule has 0 aliphatic heterocycles. The van der Waals surface area contributed by atoms with Crippen molar-refractivity contribution in [1.29, 1.82) is 0 Å². The molecule has 25 heavy (non-hydrogen) atoms. The van der Waals surface area contributed by atoms with Crippen molar-refractivity contribution in [2.75, 3.05) is 6.54 Å². The summed E-state index contributed by atoms with van der Waals surface area (Å²) in [6, 6.07) is 13.6. The molecule has 2 aromatic rings. The van der Waals surface area contributed by atoms with E-state index in [-0.39, 0.29) is 10.9 Å². The Bertz CT molecular complexity index is 848. The van der Waals surface area contributed by atoms with Crippen molar-refractivity contribution >= 4 is 38.1 Å². The molecule has 0 aliphatic rings. The molecule has 2 aromatic carbocycles. The van der Waals surface area contributed by atoms with Crippen LogP contribution in [0.25, 0.3) is 6.08 Å². The molecule has 0 saturated heterocycles. The van der Waals surface area contributed by atoms with Crippen LogP contribution in [0.15, 0.2) is 64.1 Å². The van der Waals surface area contributed by atoms with Gasteiger partial charge in [-0.1, -0.05) is 40.2 Å². The lowest BCUT2D eigenvalue weighted by molar-refractivity contribution is 0.244. The Hall–Kier alpha value is -2.16. The van der Waals surface area contributed by atoms with Crippen molar-refractivity contribution in [3.05, 3.63) is 70.3 Å². The number of amides is 2. The van der Waals surface area contributed by atoms with Crippen LogP contribution in [0.5, 0.6) is 0 Å². The highest BCUT2D eigenvalue weighted by Gasteiger charge is 2.06. The fourth-order valence-corrected chi connectivity index (χ4v) is 2.78. The molecule has 0 unspecified atom stereocenters. The van der Waals surface area contributed by atoms with Gasteiger partial charge in [0.05, 0.1) is 4.90 Å². The smallest absolute Gasteiger partial charge is 0.318 e. The Labute approximate surface area is 155 Å². The number of benzene rings is 2. The SMILES string of the molecule is NS(=O)(=O)c1ccc(CCNC(=O)N/C=C/c2ccc(Br)cc2)cc1. The van der Waals surface area contributed by atoms with Crippen LogP contribution >= 0.6 is 15.9 Å². The van der Waals surface area contributed by atoms with Gasteiger partial charge in [0.2, 0.25) is 10.0 Å². The average molecular weight is 424 g/mol. The fraction of sp³-hybridized carbons (Fsp3) is 0.118. The number of sulfonamides is 1. The van der Waals surface area contributed by atoms with Gasteiger partial charge in [-0.15, -0.1) is 0 Å². The Morgan fingerprint density at radius 2 is 1.72 bits per heavy atom. The van der Waals surface area contributed by atoms with E-state index in [9.17, 15) is 13.2 Å². The molecule has 0 spiro atoms. The minimum absolute atomic E-state index is 0.0695. The van der Waals surface area contributed by atoms with E-state index in [4.69, 9.17) is 5.14 Å². The molecule has 4 N–H and O–H groups in total. The van der Waals surface area contributed by atoms with E-state index in [1.54, 1.807) is 24.4 Å². The highest BCUT2D eigenvalue weighted by Crippen LogP contribution is 2.11. The van der Waals surface area contributed by atoms with Crippen molar-refractivity contribution < 1.29 is 13.2 Å². The van der Waals surface area contributed by atoms with E-state index in [0.29, 0.717) is 13.0 Å². The molecule has 0 fully saturated rings. The van der Waals surface area contributed by atoms with Crippen LogP contribution in [0.4, 0.5) is 4.79 Å². The van der Waals surface area contributed by atoms with E-state index in [1.165, 1.54) is 12.1 Å². The van der Waals surface area contributed by atoms with Gasteiger partial charge in [-0.3, -0.25) is 0 Å². The molecule has 0 heterocycles. The van der Waals surface area contributed by atoms with Crippen molar-refractivity contribution in [2.45, 2.75) is 11.3 Å². The van der Waals surface area contributed by atoms with Crippen LogP contribution in [0.1, 0.15) is 11.1 Å². The standard InChI is InChI=1S/C17H18BrN3O3S/c18-15-5-1-13(2-6-15)9-11-20-17(22)21-12-10-14-3-7-16(8-4-14)25(19,23)24/h1-9,11H,10,12H2,(H2,19,23,24)(H2,20,21,22)/b11-9+. The molecule has 132 valence electrons. The van der Waals surface area contributed by atoms with Gasteiger partial charge in [0.15, 0.2) is 0 Å². The molecule has 0 saturated carbocycles. The maximum absolute atomic E-state index is 11.7. The zero-order valence-electron chi connectivity index (χ0n) is 13.3. The highest BCUT2D eigenvalue weighted by molar-refractivity contribution is 9.10. The largest absolute Gasteiger partial charge is 0.338 e. The van der Waals surface area contributed by atoms with Gasteiger partial charge in [-0.05, 0) is 47.9 Å². The first-order valence-electron chi connectivity index (χ1n) is 7.43. The number of rotatable bonds is 6. The molecule has 0 radical (unpaired) electrons. The summed E-state index contributed by atoms with van der Waals surface area (Å²) in [7, 11) is -3.68. The second-order valence-corrected chi connectivity index (χ2v) is 7.70. The summed E-state index contributed by atoms with van der Waals surface area (Å²) in [4.78, 5) is 11.8. The minimum atomic E-state index is -3.68. The molecular weight excluding hydrogens is 406 g/mol. The van der Waals surface area contributed by atoms with Crippen LogP contribution in [0.3, 0.4) is 0 Å². The summed E-state index contributed by atoms with van der Waals surface area (Å²) in [5, 5.41) is 10.4. The second kappa shape index (κ2) is 8.80. The summed E-state index contributed by atoms with van der Waals surface area (Å²) in [6.07, 6.45) is 3.94. The summed E-state index contributed by atoms with van der Waals surface area (Å²) in [6.45, 7) is 0.423. The normalized spacial score (nSPS) is 11.4. The van der Waals surface area contributed by atoms with Gasteiger partial charge in [0.25, 0.3) is 0 Å². The van der Waals surface area contributed by atoms with E-state index in [0.717, 1.165) is 15.6 Å². The van der Waals surface area contributed by atoms with E-state index in [2.05, 4.69) is 26.6 Å². The van der Waals surface area contributed by atoms with Gasteiger partial charge >= 0.3 is 6.03 Å². The first kappa shape index (κ1) is 19.2. The van der Waals surface area contributed by atoms with Crippen molar-refractivity contribution in [1.82, 2.24) is 10.6 Å². The third-order valence-corrected chi connectivity index (χ3v) is 4.77. The number of carbonyl (C=O) groups is 1. The van der Waals surface area contributed by atoms with Crippen LogP contribution in [-0.4, -0.2) is 21.0 Å². The first-order valence-corrected chi connectivity index (χ1v) is 9.77. The third kappa shape index (κ3) is 6.69. The number of nitrogens with two attached hydrogens (primary N) is 1. The van der Waals surface area contributed by atoms with Gasteiger partial charge in [0, 0.05) is 17.2 Å². The molecule has 2 rings (SSSR count). The number of urea groups is 1. The molecule has 2 amide bonds. The molecule has 8 heteroatoms. The zero-order chi connectivity index (χ0) is 18.3. The molecular formula is C17H18BrN3O3S. The van der Waals surface area contributed by atoms with E-state index >= 15 is 0 Å². The average Bonchev–Trinajstić information content (AvgIpc) is 2.56. The maximum atomic E-state index is 11.7. The number of primary sulfonamides is 1. The minimum Gasteiger partial charge on any atom is -0.338 e. The predicted molar refractivity (Wildman–Crippen MR) is 101 cm³/mol. The lowest BCUT2D eigenvalue weighted by Gasteiger charge is -2.05. The Morgan fingerprint density at radius 3 is 2.32 bits per heavy atom. The summed E-state index contributed by atoms with van der Waals surface area (Å²) >= 11 is 3.36. The second-order valence-electron chi connectivity index (χ2n) is 5.22. The predicted octanol–water partition coefficient (Wildman–Crippen LogP) is 2.61. The fourth-order valence-electron chi connectivity index (χ4n) is 2.00. The van der Waals surface area contributed by atoms with Gasteiger partial charge in [0.1, 0.15) is 0 Å². The third-order valence-electron chi connectivity index (χ3n) is 3.31. The zero-order valence-corrected chi connectivity index (χ0v) is 15.7. The molecule has 0 aromatic heterocycles. The topological polar surface area (TPSA) is 101 Å². The quantitative estimate of drug-likeness (QED) is 0.665. The Kier molecular flexibility index (Phi) is 6.74. The Balaban J connectivity index is 1.74. The number of hydrogen-bond acceptors (Lipinski definition) is 3. The number of nitrogens with one attached hydrogen (secondary N) is 2. The summed E-state index contributed by atoms with van der Waals surface area (Å²) in [5.41, 5.74) is 1.87. The number of halogens is 1. The van der Waals surface area contributed by atoms with Crippen LogP contribution in [0, 0.1) is 0 Å². The monoisotopic (exact) mass is 423 g/mol. The van der Waals surface area contributed by atoms with Gasteiger partial charge in [-0.25, -0.2) is 18.4 Å². The van der Waals surface area contributed by atoms with Crippen LogP contribution in [-0.2, 0) is 16.4 Å². The number of carbonyl (C=O) groups excluding carboxylic acids is 1. The molecule has 0 bridgehead atoms. The van der Waals surface area contributed by atoms with Crippen molar-refractivity contribution in [2.24, 2.45) is 5.14 Å². The van der Waals surface area contributed by atoms with E-state index < -0.39 is 10.0 Å². The molecule has 0 aliphatic carbocycles. The van der Waals surface area contributed by atoms with Gasteiger partial charge in [-0.2, -0.15) is 0 Å². The van der Waals surface area contributed by atoms with Crippen molar-refractivity contribution in [3.8, 4) is 0 Å². The van der Waals surface area contributed by atoms with Crippen LogP contribution in [0.2, 0.25) is 0 Å².